The van der Waals surface area contributed by atoms with Gasteiger partial charge >= 0.3 is 0 Å². The smallest absolute Gasteiger partial charge is 0.261 e. The van der Waals surface area contributed by atoms with Gasteiger partial charge < -0.3 is 10.2 Å². The van der Waals surface area contributed by atoms with Crippen LogP contribution in [0.2, 0.25) is 0 Å². The van der Waals surface area contributed by atoms with Gasteiger partial charge in [0.1, 0.15) is 6.04 Å². The summed E-state index contributed by atoms with van der Waals surface area (Å²) in [5.74, 6) is -0.987. The van der Waals surface area contributed by atoms with Gasteiger partial charge in [0.15, 0.2) is 0 Å². The zero-order valence-corrected chi connectivity index (χ0v) is 21.0. The summed E-state index contributed by atoms with van der Waals surface area (Å²) in [4.78, 5) is 54.5. The first kappa shape index (κ1) is 26.1. The SMILES string of the molecule is CC[C@H](C(=O)N[C@@H](C)CC)N(Cc1ccc(C)cc1)C(=O)CCCN1C(=O)c2ccccc2C1=O. The van der Waals surface area contributed by atoms with Gasteiger partial charge in [-0.3, -0.25) is 24.1 Å². The summed E-state index contributed by atoms with van der Waals surface area (Å²) in [6.45, 7) is 8.32. The average Bonchev–Trinajstić information content (AvgIpc) is 3.09. The van der Waals surface area contributed by atoms with E-state index in [4.69, 9.17) is 0 Å². The summed E-state index contributed by atoms with van der Waals surface area (Å²) in [6.07, 6.45) is 1.75. The van der Waals surface area contributed by atoms with Crippen LogP contribution in [0.25, 0.3) is 0 Å². The first-order valence-electron chi connectivity index (χ1n) is 12.4. The Kier molecular flexibility index (Phi) is 8.79. The molecule has 35 heavy (non-hydrogen) atoms. The number of fused-ring (bicyclic) bond motifs is 1. The fraction of sp³-hybridized carbons (Fsp3) is 0.429. The van der Waals surface area contributed by atoms with Crippen LogP contribution in [0.15, 0.2) is 48.5 Å². The highest BCUT2D eigenvalue weighted by atomic mass is 16.2. The maximum Gasteiger partial charge on any atom is 0.261 e. The van der Waals surface area contributed by atoms with E-state index in [1.54, 1.807) is 29.2 Å². The predicted octanol–water partition coefficient (Wildman–Crippen LogP) is 4.09. The normalized spacial score (nSPS) is 14.5. The van der Waals surface area contributed by atoms with Gasteiger partial charge in [0.2, 0.25) is 11.8 Å². The van der Waals surface area contributed by atoms with Crippen molar-refractivity contribution in [3.05, 3.63) is 70.8 Å². The fourth-order valence-electron chi connectivity index (χ4n) is 4.23. The van der Waals surface area contributed by atoms with E-state index in [9.17, 15) is 19.2 Å². The minimum atomic E-state index is -0.600. The van der Waals surface area contributed by atoms with Crippen molar-refractivity contribution in [3.8, 4) is 0 Å². The number of aryl methyl sites for hydroxylation is 1. The quantitative estimate of drug-likeness (QED) is 0.494. The number of imide groups is 1. The van der Waals surface area contributed by atoms with Crippen LogP contribution in [0.4, 0.5) is 0 Å². The van der Waals surface area contributed by atoms with Crippen LogP contribution in [0, 0.1) is 6.92 Å². The van der Waals surface area contributed by atoms with Gasteiger partial charge in [-0.2, -0.15) is 0 Å². The van der Waals surface area contributed by atoms with Gasteiger partial charge in [-0.05, 0) is 50.8 Å². The first-order chi connectivity index (χ1) is 16.8. The Morgan fingerprint density at radius 2 is 1.54 bits per heavy atom. The maximum absolute atomic E-state index is 13.4. The Hall–Kier alpha value is -3.48. The molecule has 2 aromatic rings. The highest BCUT2D eigenvalue weighted by Gasteiger charge is 2.35. The summed E-state index contributed by atoms with van der Waals surface area (Å²) < 4.78 is 0. The molecule has 2 atom stereocenters. The van der Waals surface area contributed by atoms with Crippen molar-refractivity contribution < 1.29 is 19.2 Å². The second-order valence-corrected chi connectivity index (χ2v) is 9.16. The fourth-order valence-corrected chi connectivity index (χ4v) is 4.23. The van der Waals surface area contributed by atoms with Crippen molar-refractivity contribution in [1.29, 1.82) is 0 Å². The van der Waals surface area contributed by atoms with Crippen LogP contribution < -0.4 is 5.32 Å². The number of hydrogen-bond acceptors (Lipinski definition) is 4. The van der Waals surface area contributed by atoms with Crippen molar-refractivity contribution in [2.24, 2.45) is 0 Å². The third-order valence-corrected chi connectivity index (χ3v) is 6.51. The van der Waals surface area contributed by atoms with Crippen molar-refractivity contribution in [1.82, 2.24) is 15.1 Å². The zero-order chi connectivity index (χ0) is 25.5. The minimum absolute atomic E-state index is 0.0155. The standard InChI is InChI=1S/C28H35N3O4/c1-5-20(4)29-26(33)24(6-2)31(18-21-15-13-19(3)14-16-21)25(32)12-9-17-30-27(34)22-10-7-8-11-23(22)28(30)35/h7-8,10-11,13-16,20,24H,5-6,9,12,17-18H2,1-4H3,(H,29,33)/t20-,24+/m0/s1. The van der Waals surface area contributed by atoms with Crippen LogP contribution in [0.1, 0.15) is 78.3 Å². The molecule has 1 aliphatic heterocycles. The second kappa shape index (κ2) is 11.8. The lowest BCUT2D eigenvalue weighted by Gasteiger charge is -2.31. The lowest BCUT2D eigenvalue weighted by Crippen LogP contribution is -2.50. The lowest BCUT2D eigenvalue weighted by molar-refractivity contribution is -0.141. The molecule has 0 saturated carbocycles. The van der Waals surface area contributed by atoms with Gasteiger partial charge in [0.05, 0.1) is 11.1 Å². The van der Waals surface area contributed by atoms with Crippen LogP contribution in [-0.2, 0) is 16.1 Å². The third kappa shape index (κ3) is 6.15. The number of hydrogen-bond donors (Lipinski definition) is 1. The van der Waals surface area contributed by atoms with Crippen LogP contribution in [0.3, 0.4) is 0 Å². The van der Waals surface area contributed by atoms with E-state index >= 15 is 0 Å². The van der Waals surface area contributed by atoms with Crippen molar-refractivity contribution in [3.63, 3.8) is 0 Å². The molecule has 7 nitrogen and oxygen atoms in total. The molecule has 3 rings (SSSR count). The van der Waals surface area contributed by atoms with Gasteiger partial charge in [-0.15, -0.1) is 0 Å². The summed E-state index contributed by atoms with van der Waals surface area (Å²) in [5, 5.41) is 3.00. The summed E-state index contributed by atoms with van der Waals surface area (Å²) >= 11 is 0. The van der Waals surface area contributed by atoms with Gasteiger partial charge in [0, 0.05) is 25.6 Å². The van der Waals surface area contributed by atoms with E-state index in [2.05, 4.69) is 5.32 Å². The number of nitrogens with one attached hydrogen (secondary N) is 1. The highest BCUT2D eigenvalue weighted by Crippen LogP contribution is 2.23. The van der Waals surface area contributed by atoms with E-state index in [-0.39, 0.29) is 42.6 Å². The van der Waals surface area contributed by atoms with E-state index in [0.29, 0.717) is 30.5 Å². The maximum atomic E-state index is 13.4. The molecule has 4 amide bonds. The van der Waals surface area contributed by atoms with E-state index < -0.39 is 6.04 Å². The molecule has 0 spiro atoms. The molecular weight excluding hydrogens is 442 g/mol. The molecular formula is C28H35N3O4. The van der Waals surface area contributed by atoms with Crippen molar-refractivity contribution in [2.75, 3.05) is 6.54 Å². The summed E-state index contributed by atoms with van der Waals surface area (Å²) in [7, 11) is 0. The molecule has 2 aromatic carbocycles. The van der Waals surface area contributed by atoms with Gasteiger partial charge in [0.25, 0.3) is 11.8 Å². The molecule has 0 aliphatic carbocycles. The number of carbonyl (C=O) groups excluding carboxylic acids is 4. The predicted molar refractivity (Wildman–Crippen MR) is 135 cm³/mol. The van der Waals surface area contributed by atoms with Crippen LogP contribution in [-0.4, -0.2) is 52.1 Å². The molecule has 186 valence electrons. The molecule has 1 N–H and O–H groups in total. The highest BCUT2D eigenvalue weighted by molar-refractivity contribution is 6.21. The van der Waals surface area contributed by atoms with Crippen LogP contribution in [0.5, 0.6) is 0 Å². The number of benzene rings is 2. The molecule has 0 unspecified atom stereocenters. The average molecular weight is 478 g/mol. The molecule has 0 bridgehead atoms. The van der Waals surface area contributed by atoms with E-state index in [0.717, 1.165) is 17.5 Å². The Morgan fingerprint density at radius 1 is 0.943 bits per heavy atom. The van der Waals surface area contributed by atoms with E-state index in [1.165, 1.54) is 4.90 Å². The van der Waals surface area contributed by atoms with Gasteiger partial charge in [-0.25, -0.2) is 0 Å². The van der Waals surface area contributed by atoms with Crippen LogP contribution >= 0.6 is 0 Å². The number of amides is 4. The van der Waals surface area contributed by atoms with Crippen molar-refractivity contribution >= 4 is 23.6 Å². The monoisotopic (exact) mass is 477 g/mol. The Labute approximate surface area is 207 Å². The number of carbonyl (C=O) groups is 4. The number of nitrogens with zero attached hydrogens (tertiary/aromatic N) is 2. The minimum Gasteiger partial charge on any atom is -0.352 e. The number of rotatable bonds is 11. The van der Waals surface area contributed by atoms with Crippen molar-refractivity contribution in [2.45, 2.75) is 72.0 Å². The Morgan fingerprint density at radius 3 is 2.09 bits per heavy atom. The molecule has 0 saturated heterocycles. The Bertz CT molecular complexity index is 1040. The lowest BCUT2D eigenvalue weighted by atomic mass is 10.1. The van der Waals surface area contributed by atoms with Gasteiger partial charge in [-0.1, -0.05) is 55.8 Å². The molecule has 1 heterocycles. The van der Waals surface area contributed by atoms with E-state index in [1.807, 2.05) is 52.0 Å². The molecule has 0 fully saturated rings. The Balaban J connectivity index is 1.71. The molecule has 0 radical (unpaired) electrons. The summed E-state index contributed by atoms with van der Waals surface area (Å²) in [5.41, 5.74) is 2.86. The molecule has 1 aliphatic rings. The molecule has 7 heteroatoms. The zero-order valence-electron chi connectivity index (χ0n) is 21.0. The molecule has 0 aromatic heterocycles. The third-order valence-electron chi connectivity index (χ3n) is 6.51. The summed E-state index contributed by atoms with van der Waals surface area (Å²) in [6, 6.07) is 14.1. The second-order valence-electron chi connectivity index (χ2n) is 9.16. The topological polar surface area (TPSA) is 86.8 Å². The largest absolute Gasteiger partial charge is 0.352 e. The first-order valence-corrected chi connectivity index (χ1v) is 12.4.